The highest BCUT2D eigenvalue weighted by Crippen LogP contribution is 2.44. The maximum absolute atomic E-state index is 12.6. The third kappa shape index (κ3) is 2.18. The average Bonchev–Trinajstić information content (AvgIpc) is 3.12. The molecular weight excluding hydrogens is 248 g/mol. The van der Waals surface area contributed by atoms with Crippen LogP contribution in [0.25, 0.3) is 0 Å². The van der Waals surface area contributed by atoms with Crippen LogP contribution in [0.3, 0.4) is 0 Å². The van der Waals surface area contributed by atoms with Crippen molar-refractivity contribution in [1.29, 1.82) is 0 Å². The molecule has 0 aromatic rings. The molecule has 0 aromatic carbocycles. The van der Waals surface area contributed by atoms with E-state index >= 15 is 0 Å². The number of fused-ring (bicyclic) bond motifs is 3. The fraction of sp³-hybridized carbons (Fsp3) is 0.941. The van der Waals surface area contributed by atoms with Gasteiger partial charge in [-0.3, -0.25) is 4.79 Å². The zero-order valence-corrected chi connectivity index (χ0v) is 12.6. The van der Waals surface area contributed by atoms with Crippen molar-refractivity contribution in [2.24, 2.45) is 23.7 Å². The molecule has 1 aliphatic heterocycles. The number of hydrogen-bond acceptors (Lipinski definition) is 2. The first-order valence-corrected chi connectivity index (χ1v) is 8.77. The highest BCUT2D eigenvalue weighted by molar-refractivity contribution is 5.82. The molecule has 4 fully saturated rings. The minimum absolute atomic E-state index is 0.0877. The number of rotatable bonds is 2. The zero-order chi connectivity index (χ0) is 13.7. The summed E-state index contributed by atoms with van der Waals surface area (Å²) in [6, 6.07) is 1.17. The van der Waals surface area contributed by atoms with Crippen LogP contribution >= 0.6 is 0 Å². The van der Waals surface area contributed by atoms with Gasteiger partial charge in [0, 0.05) is 12.1 Å². The summed E-state index contributed by atoms with van der Waals surface area (Å²) in [7, 11) is 0. The molecule has 1 amide bonds. The predicted octanol–water partition coefficient (Wildman–Crippen LogP) is 2.46. The molecule has 3 nitrogen and oxygen atoms in total. The summed E-state index contributed by atoms with van der Waals surface area (Å²) < 4.78 is 0. The van der Waals surface area contributed by atoms with Crippen LogP contribution in [0.15, 0.2) is 0 Å². The largest absolute Gasteiger partial charge is 0.352 e. The van der Waals surface area contributed by atoms with Crippen LogP contribution in [-0.2, 0) is 4.79 Å². The summed E-state index contributed by atoms with van der Waals surface area (Å²) in [6.45, 7) is 2.35. The van der Waals surface area contributed by atoms with Crippen molar-refractivity contribution in [3.63, 3.8) is 0 Å². The number of carbonyl (C=O) groups is 1. The summed E-state index contributed by atoms with van der Waals surface area (Å²) in [6.07, 6.45) is 10.4. The summed E-state index contributed by atoms with van der Waals surface area (Å²) >= 11 is 0. The second-order valence-electron chi connectivity index (χ2n) is 7.94. The Morgan fingerprint density at radius 3 is 2.65 bits per heavy atom. The summed E-state index contributed by atoms with van der Waals surface area (Å²) in [5, 5.41) is 7.02. The molecule has 20 heavy (non-hydrogen) atoms. The first-order valence-electron chi connectivity index (χ1n) is 8.77. The molecule has 2 bridgehead atoms. The predicted molar refractivity (Wildman–Crippen MR) is 79.2 cm³/mol. The fourth-order valence-electron chi connectivity index (χ4n) is 5.58. The van der Waals surface area contributed by atoms with E-state index in [-0.39, 0.29) is 6.04 Å². The van der Waals surface area contributed by atoms with E-state index in [1.165, 1.54) is 44.9 Å². The van der Waals surface area contributed by atoms with Crippen LogP contribution in [0.4, 0.5) is 0 Å². The average molecular weight is 276 g/mol. The second-order valence-corrected chi connectivity index (χ2v) is 7.94. The maximum Gasteiger partial charge on any atom is 0.237 e. The molecule has 3 saturated carbocycles. The van der Waals surface area contributed by atoms with Gasteiger partial charge in [-0.15, -0.1) is 0 Å². The summed E-state index contributed by atoms with van der Waals surface area (Å²) in [5.41, 5.74) is 0. The molecule has 3 aliphatic carbocycles. The first-order chi connectivity index (χ1) is 9.70. The lowest BCUT2D eigenvalue weighted by atomic mass is 9.78. The Balaban J connectivity index is 1.35. The smallest absolute Gasteiger partial charge is 0.237 e. The van der Waals surface area contributed by atoms with E-state index in [2.05, 4.69) is 17.6 Å². The van der Waals surface area contributed by atoms with Gasteiger partial charge in [-0.05, 0) is 62.2 Å². The zero-order valence-electron chi connectivity index (χ0n) is 12.6. The molecule has 1 saturated heterocycles. The van der Waals surface area contributed by atoms with Gasteiger partial charge in [-0.25, -0.2) is 0 Å². The molecule has 0 aromatic heterocycles. The van der Waals surface area contributed by atoms with E-state index in [0.29, 0.717) is 18.0 Å². The van der Waals surface area contributed by atoms with E-state index in [1.54, 1.807) is 0 Å². The molecule has 7 atom stereocenters. The second kappa shape index (κ2) is 5.01. The summed E-state index contributed by atoms with van der Waals surface area (Å²) in [4.78, 5) is 12.6. The highest BCUT2D eigenvalue weighted by Gasteiger charge is 2.44. The van der Waals surface area contributed by atoms with Crippen LogP contribution in [0.2, 0.25) is 0 Å². The van der Waals surface area contributed by atoms with Crippen molar-refractivity contribution in [2.45, 2.75) is 76.4 Å². The normalized spacial score (nSPS) is 50.1. The van der Waals surface area contributed by atoms with Gasteiger partial charge in [-0.1, -0.05) is 19.8 Å². The van der Waals surface area contributed by atoms with Gasteiger partial charge in [0.15, 0.2) is 0 Å². The van der Waals surface area contributed by atoms with Crippen molar-refractivity contribution in [2.75, 3.05) is 0 Å². The maximum atomic E-state index is 12.6. The van der Waals surface area contributed by atoms with Gasteiger partial charge in [0.05, 0.1) is 6.04 Å². The van der Waals surface area contributed by atoms with Crippen molar-refractivity contribution >= 4 is 5.91 Å². The van der Waals surface area contributed by atoms with E-state index in [9.17, 15) is 4.79 Å². The van der Waals surface area contributed by atoms with Gasteiger partial charge in [0.2, 0.25) is 5.91 Å². The molecule has 2 N–H and O–H groups in total. The van der Waals surface area contributed by atoms with Crippen LogP contribution < -0.4 is 10.6 Å². The Morgan fingerprint density at radius 2 is 1.95 bits per heavy atom. The van der Waals surface area contributed by atoms with Gasteiger partial charge in [0.25, 0.3) is 0 Å². The molecule has 0 spiro atoms. The molecule has 3 heteroatoms. The van der Waals surface area contributed by atoms with Crippen LogP contribution in [0, 0.1) is 23.7 Å². The lowest BCUT2D eigenvalue weighted by Crippen LogP contribution is -2.49. The first kappa shape index (κ1) is 13.1. The Hall–Kier alpha value is -0.570. The fourth-order valence-corrected chi connectivity index (χ4v) is 5.58. The molecule has 112 valence electrons. The SMILES string of the molecule is CC1CCCC2CC(C(=O)NC3C[C@@H]4CC[C@H]3C4)NC12. The Labute approximate surface area is 122 Å². The van der Waals surface area contributed by atoms with E-state index in [1.807, 2.05) is 0 Å². The number of hydrogen-bond donors (Lipinski definition) is 2. The highest BCUT2D eigenvalue weighted by atomic mass is 16.2. The Morgan fingerprint density at radius 1 is 1.05 bits per heavy atom. The standard InChI is InChI=1S/C17H28N2O/c1-10-3-2-4-13-9-15(18-16(10)13)17(20)19-14-8-11-5-6-12(14)7-11/h10-16,18H,2-9H2,1H3,(H,19,20)/t10?,11-,12+,13?,14?,15?,16?/m1/s1. The number of nitrogens with one attached hydrogen (secondary N) is 2. The molecule has 0 radical (unpaired) electrons. The summed E-state index contributed by atoms with van der Waals surface area (Å²) in [5.74, 6) is 3.48. The molecule has 5 unspecified atom stereocenters. The quantitative estimate of drug-likeness (QED) is 0.813. The third-order valence-electron chi connectivity index (χ3n) is 6.67. The molecule has 1 heterocycles. The Bertz CT molecular complexity index is 396. The van der Waals surface area contributed by atoms with Crippen LogP contribution in [-0.4, -0.2) is 24.0 Å². The van der Waals surface area contributed by atoms with Gasteiger partial charge < -0.3 is 10.6 Å². The van der Waals surface area contributed by atoms with Crippen LogP contribution in [0.1, 0.15) is 58.3 Å². The third-order valence-corrected chi connectivity index (χ3v) is 6.67. The van der Waals surface area contributed by atoms with Gasteiger partial charge >= 0.3 is 0 Å². The topological polar surface area (TPSA) is 41.1 Å². The monoisotopic (exact) mass is 276 g/mol. The van der Waals surface area contributed by atoms with E-state index < -0.39 is 0 Å². The van der Waals surface area contributed by atoms with Gasteiger partial charge in [-0.2, -0.15) is 0 Å². The van der Waals surface area contributed by atoms with E-state index in [4.69, 9.17) is 0 Å². The van der Waals surface area contributed by atoms with Crippen molar-refractivity contribution in [3.05, 3.63) is 0 Å². The van der Waals surface area contributed by atoms with E-state index in [0.717, 1.165) is 30.1 Å². The Kier molecular flexibility index (Phi) is 3.29. The van der Waals surface area contributed by atoms with Crippen LogP contribution in [0.5, 0.6) is 0 Å². The van der Waals surface area contributed by atoms with Crippen molar-refractivity contribution in [3.8, 4) is 0 Å². The molecular formula is C17H28N2O. The molecule has 4 rings (SSSR count). The van der Waals surface area contributed by atoms with Crippen molar-refractivity contribution < 1.29 is 4.79 Å². The van der Waals surface area contributed by atoms with Crippen molar-refractivity contribution in [1.82, 2.24) is 10.6 Å². The van der Waals surface area contributed by atoms with Gasteiger partial charge in [0.1, 0.15) is 0 Å². The minimum Gasteiger partial charge on any atom is -0.352 e. The number of carbonyl (C=O) groups excluding carboxylic acids is 1. The number of amides is 1. The lowest BCUT2D eigenvalue weighted by molar-refractivity contribution is -0.124. The minimum atomic E-state index is 0.0877. The molecule has 4 aliphatic rings. The lowest BCUT2D eigenvalue weighted by Gasteiger charge is -2.31.